The van der Waals surface area contributed by atoms with Crippen molar-refractivity contribution in [3.05, 3.63) is 75.7 Å². The molecule has 0 aliphatic carbocycles. The number of carbonyl (C=O) groups excluding carboxylic acids is 2. The van der Waals surface area contributed by atoms with Crippen molar-refractivity contribution in [1.82, 2.24) is 9.80 Å². The van der Waals surface area contributed by atoms with Crippen molar-refractivity contribution in [2.45, 2.75) is 38.3 Å². The van der Waals surface area contributed by atoms with Gasteiger partial charge in [-0.3, -0.25) is 14.5 Å². The molecule has 2 amide bonds. The summed E-state index contributed by atoms with van der Waals surface area (Å²) in [7, 11) is 0. The zero-order valence-electron chi connectivity index (χ0n) is 18.8. The van der Waals surface area contributed by atoms with Crippen LogP contribution in [0.25, 0.3) is 6.08 Å². The molecule has 2 heterocycles. The fourth-order valence-electron chi connectivity index (χ4n) is 4.04. The van der Waals surface area contributed by atoms with E-state index in [0.717, 1.165) is 30.6 Å². The van der Waals surface area contributed by atoms with Crippen LogP contribution < -0.4 is 0 Å². The lowest BCUT2D eigenvalue weighted by Gasteiger charge is -2.26. The maximum Gasteiger partial charge on any atom is 0.266 e. The van der Waals surface area contributed by atoms with E-state index in [9.17, 15) is 9.59 Å². The van der Waals surface area contributed by atoms with E-state index in [1.165, 1.54) is 11.8 Å². The molecule has 0 saturated carbocycles. The van der Waals surface area contributed by atoms with E-state index in [1.807, 2.05) is 65.6 Å². The van der Waals surface area contributed by atoms with Gasteiger partial charge in [0.2, 0.25) is 5.91 Å². The molecule has 0 spiro atoms. The van der Waals surface area contributed by atoms with Gasteiger partial charge in [0.05, 0.1) is 11.0 Å². The highest BCUT2D eigenvalue weighted by Gasteiger charge is 2.32. The molecule has 1 atom stereocenters. The van der Waals surface area contributed by atoms with Crippen LogP contribution in [0.15, 0.2) is 59.5 Å². The van der Waals surface area contributed by atoms with Gasteiger partial charge in [0, 0.05) is 37.7 Å². The highest BCUT2D eigenvalue weighted by atomic mass is 35.5. The van der Waals surface area contributed by atoms with Gasteiger partial charge in [-0.2, -0.15) is 0 Å². The van der Waals surface area contributed by atoms with Crippen molar-refractivity contribution in [2.24, 2.45) is 0 Å². The van der Waals surface area contributed by atoms with Gasteiger partial charge >= 0.3 is 0 Å². The summed E-state index contributed by atoms with van der Waals surface area (Å²) < 4.78 is 6.31. The van der Waals surface area contributed by atoms with Crippen LogP contribution in [0.1, 0.15) is 36.8 Å². The third kappa shape index (κ3) is 6.69. The molecule has 0 radical (unpaired) electrons. The summed E-state index contributed by atoms with van der Waals surface area (Å²) >= 11 is 12.8. The number of halogens is 1. The summed E-state index contributed by atoms with van der Waals surface area (Å²) in [5.41, 5.74) is 1.99. The van der Waals surface area contributed by atoms with Crippen molar-refractivity contribution >= 4 is 57.8 Å². The number of rotatable bonds is 9. The first kappa shape index (κ1) is 24.9. The minimum Gasteiger partial charge on any atom is -0.376 e. The van der Waals surface area contributed by atoms with Gasteiger partial charge in [0.15, 0.2) is 0 Å². The van der Waals surface area contributed by atoms with Gasteiger partial charge in [0.25, 0.3) is 5.91 Å². The van der Waals surface area contributed by atoms with Gasteiger partial charge in [-0.1, -0.05) is 78.0 Å². The standard InChI is InChI=1S/C26H27ClN2O3S2/c27-21-12-10-20(11-13-21)17-28(18-22-8-5-15-32-22)24(30)9-4-14-29-25(31)23(34-26(29)33)16-19-6-2-1-3-7-19/h1-3,6-7,10-13,16,22H,4-5,8-9,14-15,17-18H2/b23-16-. The van der Waals surface area contributed by atoms with Crippen LogP contribution in [0.3, 0.4) is 0 Å². The fraction of sp³-hybridized carbons (Fsp3) is 0.346. The van der Waals surface area contributed by atoms with Gasteiger partial charge < -0.3 is 9.64 Å². The van der Waals surface area contributed by atoms with Crippen LogP contribution >= 0.6 is 35.6 Å². The summed E-state index contributed by atoms with van der Waals surface area (Å²) in [4.78, 5) is 30.1. The second kappa shape index (κ2) is 12.0. The van der Waals surface area contributed by atoms with Gasteiger partial charge in [-0.25, -0.2) is 0 Å². The van der Waals surface area contributed by atoms with Crippen molar-refractivity contribution in [1.29, 1.82) is 0 Å². The molecule has 2 aliphatic rings. The minimum absolute atomic E-state index is 0.0516. The Labute approximate surface area is 215 Å². The van der Waals surface area contributed by atoms with Crippen LogP contribution in [0.4, 0.5) is 0 Å². The van der Waals surface area contributed by atoms with Crippen molar-refractivity contribution < 1.29 is 14.3 Å². The molecule has 178 valence electrons. The molecular weight excluding hydrogens is 488 g/mol. The lowest BCUT2D eigenvalue weighted by Crippen LogP contribution is -2.37. The number of benzene rings is 2. The van der Waals surface area contributed by atoms with E-state index in [1.54, 1.807) is 4.90 Å². The normalized spacial score (nSPS) is 19.3. The molecular formula is C26H27ClN2O3S2. The van der Waals surface area contributed by atoms with Crippen molar-refractivity contribution in [2.75, 3.05) is 19.7 Å². The number of nitrogens with zero attached hydrogens (tertiary/aromatic N) is 2. The number of thiocarbonyl (C=S) groups is 1. The molecule has 0 bridgehead atoms. The van der Waals surface area contributed by atoms with E-state index < -0.39 is 0 Å². The number of amides is 2. The quantitative estimate of drug-likeness (QED) is 0.325. The SMILES string of the molecule is O=C(CCCN1C(=O)/C(=C/c2ccccc2)SC1=S)N(Cc1ccc(Cl)cc1)CC1CCCO1. The molecule has 2 aromatic carbocycles. The predicted molar refractivity (Wildman–Crippen MR) is 141 cm³/mol. The van der Waals surface area contributed by atoms with Gasteiger partial charge in [-0.15, -0.1) is 0 Å². The summed E-state index contributed by atoms with van der Waals surface area (Å²) in [5, 5.41) is 0.672. The third-order valence-electron chi connectivity index (χ3n) is 5.83. The highest BCUT2D eigenvalue weighted by molar-refractivity contribution is 8.26. The Morgan fingerprint density at radius 1 is 1.21 bits per heavy atom. The maximum absolute atomic E-state index is 13.1. The second-order valence-electron chi connectivity index (χ2n) is 8.38. The zero-order valence-corrected chi connectivity index (χ0v) is 21.2. The average molecular weight is 515 g/mol. The molecule has 34 heavy (non-hydrogen) atoms. The van der Waals surface area contributed by atoms with E-state index in [4.69, 9.17) is 28.6 Å². The van der Waals surface area contributed by atoms with E-state index >= 15 is 0 Å². The molecule has 5 nitrogen and oxygen atoms in total. The number of hydrogen-bond donors (Lipinski definition) is 0. The zero-order chi connectivity index (χ0) is 23.9. The van der Waals surface area contributed by atoms with E-state index in [2.05, 4.69) is 0 Å². The lowest BCUT2D eigenvalue weighted by atomic mass is 10.1. The third-order valence-corrected chi connectivity index (χ3v) is 7.46. The first-order chi connectivity index (χ1) is 16.5. The largest absolute Gasteiger partial charge is 0.376 e. The number of ether oxygens (including phenoxy) is 1. The summed E-state index contributed by atoms with van der Waals surface area (Å²) in [6.45, 7) is 2.26. The summed E-state index contributed by atoms with van der Waals surface area (Å²) in [5.74, 6) is -0.0422. The number of hydrogen-bond acceptors (Lipinski definition) is 5. The highest BCUT2D eigenvalue weighted by Crippen LogP contribution is 2.32. The lowest BCUT2D eigenvalue weighted by molar-refractivity contribution is -0.134. The summed E-state index contributed by atoms with van der Waals surface area (Å²) in [6.07, 6.45) is 4.82. The fourth-order valence-corrected chi connectivity index (χ4v) is 5.47. The Morgan fingerprint density at radius 2 is 1.97 bits per heavy atom. The number of thioether (sulfide) groups is 1. The molecule has 8 heteroatoms. The molecule has 0 N–H and O–H groups in total. The van der Waals surface area contributed by atoms with Crippen LogP contribution in [0.5, 0.6) is 0 Å². The predicted octanol–water partition coefficient (Wildman–Crippen LogP) is 5.53. The second-order valence-corrected chi connectivity index (χ2v) is 10.5. The van der Waals surface area contributed by atoms with E-state index in [0.29, 0.717) is 46.7 Å². The molecule has 0 aromatic heterocycles. The topological polar surface area (TPSA) is 49.9 Å². The Bertz CT molecular complexity index is 1050. The summed E-state index contributed by atoms with van der Waals surface area (Å²) in [6, 6.07) is 17.3. The van der Waals surface area contributed by atoms with Crippen molar-refractivity contribution in [3.63, 3.8) is 0 Å². The monoisotopic (exact) mass is 514 g/mol. The van der Waals surface area contributed by atoms with Crippen LogP contribution in [-0.2, 0) is 20.9 Å². The van der Waals surface area contributed by atoms with Crippen LogP contribution in [0, 0.1) is 0 Å². The Morgan fingerprint density at radius 3 is 2.68 bits per heavy atom. The molecule has 2 fully saturated rings. The maximum atomic E-state index is 13.1. The smallest absolute Gasteiger partial charge is 0.266 e. The minimum atomic E-state index is -0.0938. The van der Waals surface area contributed by atoms with Crippen LogP contribution in [-0.4, -0.2) is 51.7 Å². The van der Waals surface area contributed by atoms with Gasteiger partial charge in [0.1, 0.15) is 4.32 Å². The molecule has 2 aromatic rings. The molecule has 2 aliphatic heterocycles. The van der Waals surface area contributed by atoms with Crippen LogP contribution in [0.2, 0.25) is 5.02 Å². The first-order valence-electron chi connectivity index (χ1n) is 11.4. The van der Waals surface area contributed by atoms with Gasteiger partial charge in [-0.05, 0) is 48.6 Å². The molecule has 1 unspecified atom stereocenters. The Hall–Kier alpha value is -2.19. The average Bonchev–Trinajstić information content (AvgIpc) is 3.44. The van der Waals surface area contributed by atoms with E-state index in [-0.39, 0.29) is 17.9 Å². The Balaban J connectivity index is 1.34. The van der Waals surface area contributed by atoms with Crippen molar-refractivity contribution in [3.8, 4) is 0 Å². The number of carbonyl (C=O) groups is 2. The molecule has 2 saturated heterocycles. The first-order valence-corrected chi connectivity index (χ1v) is 13.0. The molecule has 4 rings (SSSR count). The Kier molecular flexibility index (Phi) is 8.78.